The first-order chi connectivity index (χ1) is 23.2. The van der Waals surface area contributed by atoms with Crippen LogP contribution in [0.3, 0.4) is 0 Å². The Morgan fingerprint density at radius 2 is 1.29 bits per heavy atom. The molecule has 4 aliphatic rings. The van der Waals surface area contributed by atoms with Gasteiger partial charge in [-0.15, -0.1) is 0 Å². The molecule has 4 aliphatic heterocycles. The number of benzene rings is 2. The molecule has 0 unspecified atom stereocenters. The molecule has 12 nitrogen and oxygen atoms in total. The third-order valence-corrected chi connectivity index (χ3v) is 13.2. The lowest BCUT2D eigenvalue weighted by atomic mass is 9.82. The van der Waals surface area contributed by atoms with Crippen molar-refractivity contribution in [1.82, 2.24) is 0 Å². The third kappa shape index (κ3) is 5.20. The normalized spacial score (nSPS) is 18.2. The lowest BCUT2D eigenvalue weighted by molar-refractivity contribution is -0.138. The van der Waals surface area contributed by atoms with Crippen LogP contribution in [0.5, 0.6) is 11.5 Å². The first-order valence-electron chi connectivity index (χ1n) is 14.7. The summed E-state index contributed by atoms with van der Waals surface area (Å²) in [4.78, 5) is 70.5. The molecule has 0 saturated carbocycles. The summed E-state index contributed by atoms with van der Waals surface area (Å²) in [5.41, 5.74) is 2.28. The molecule has 1 spiro atoms. The molecular weight excluding hydrogens is 695 g/mol. The van der Waals surface area contributed by atoms with Crippen molar-refractivity contribution < 1.29 is 52.4 Å². The molecular formula is C34H31NO11S3. The maximum atomic E-state index is 14.7. The molecule has 0 fully saturated rings. The van der Waals surface area contributed by atoms with Gasteiger partial charge in [-0.05, 0) is 69.2 Å². The second-order valence-electron chi connectivity index (χ2n) is 11.7. The maximum absolute atomic E-state index is 14.7. The number of carbonyl (C=O) groups is 5. The standard InChI is InChI=1S/C34H31NO11S3/c1-15-11-18-19(12-16(15)2)35(28(36)17-9-10-20-21(13-17)46-14-45-20)33(3,4)27-22(18)34(23(29(37)41-5)24(47-27)30(38)42-6)48-25(31(39)43-7)26(49-34)32(40)44-8/h9-13H,14H2,1-8H3. The van der Waals surface area contributed by atoms with E-state index in [1.165, 1.54) is 28.4 Å². The van der Waals surface area contributed by atoms with Crippen LogP contribution in [-0.4, -0.2) is 74.6 Å². The van der Waals surface area contributed by atoms with Gasteiger partial charge >= 0.3 is 23.9 Å². The minimum atomic E-state index is -1.67. The lowest BCUT2D eigenvalue weighted by Crippen LogP contribution is -2.54. The zero-order valence-electron chi connectivity index (χ0n) is 27.8. The van der Waals surface area contributed by atoms with Gasteiger partial charge in [0, 0.05) is 21.6 Å². The van der Waals surface area contributed by atoms with Crippen molar-refractivity contribution >= 4 is 76.3 Å². The van der Waals surface area contributed by atoms with Crippen molar-refractivity contribution in [2.45, 2.75) is 37.3 Å². The van der Waals surface area contributed by atoms with Crippen molar-refractivity contribution in [1.29, 1.82) is 0 Å². The topological polar surface area (TPSA) is 144 Å². The SMILES string of the molecule is COC(=O)C1=C(C(=O)OC)SC2(S1)C(C(=O)OC)=C(C(=O)OC)SC1=C2c2cc(C)c(C)cc2N(C(=O)c2ccc3c(c2)OCO3)C1(C)C. The number of anilines is 1. The van der Waals surface area contributed by atoms with Gasteiger partial charge in [0.05, 0.1) is 45.2 Å². The van der Waals surface area contributed by atoms with Crippen molar-refractivity contribution in [2.24, 2.45) is 0 Å². The number of nitrogens with zero attached hydrogens (tertiary/aromatic N) is 1. The molecule has 15 heteroatoms. The quantitative estimate of drug-likeness (QED) is 0.292. The number of ether oxygens (including phenoxy) is 6. The van der Waals surface area contributed by atoms with Gasteiger partial charge in [-0.25, -0.2) is 19.2 Å². The Hall–Kier alpha value is -4.34. The fourth-order valence-electron chi connectivity index (χ4n) is 6.09. The van der Waals surface area contributed by atoms with E-state index in [2.05, 4.69) is 0 Å². The first kappa shape index (κ1) is 34.5. The van der Waals surface area contributed by atoms with Crippen LogP contribution in [0.25, 0.3) is 5.57 Å². The summed E-state index contributed by atoms with van der Waals surface area (Å²) in [7, 11) is 4.69. The second kappa shape index (κ2) is 12.5. The van der Waals surface area contributed by atoms with E-state index in [0.717, 1.165) is 46.4 Å². The van der Waals surface area contributed by atoms with E-state index >= 15 is 0 Å². The van der Waals surface area contributed by atoms with Crippen molar-refractivity contribution in [3.8, 4) is 11.5 Å². The molecule has 0 aromatic heterocycles. The molecule has 2 aromatic rings. The number of amides is 1. The zero-order valence-corrected chi connectivity index (χ0v) is 30.2. The number of esters is 4. The molecule has 0 saturated heterocycles. The summed E-state index contributed by atoms with van der Waals surface area (Å²) in [6, 6.07) is 8.72. The number of thioether (sulfide) groups is 3. The van der Waals surface area contributed by atoms with Crippen molar-refractivity contribution in [3.63, 3.8) is 0 Å². The third-order valence-electron chi connectivity index (χ3n) is 8.58. The molecule has 1 amide bonds. The Balaban J connectivity index is 1.68. The summed E-state index contributed by atoms with van der Waals surface area (Å²) in [6.45, 7) is 7.51. The highest BCUT2D eigenvalue weighted by molar-refractivity contribution is 8.26. The van der Waals surface area contributed by atoms with Gasteiger partial charge in [-0.2, -0.15) is 0 Å². The summed E-state index contributed by atoms with van der Waals surface area (Å²) >= 11 is 2.73. The van der Waals surface area contributed by atoms with E-state index in [0.29, 0.717) is 38.8 Å². The molecule has 0 radical (unpaired) electrons. The lowest BCUT2D eigenvalue weighted by Gasteiger charge is -2.51. The minimum Gasteiger partial charge on any atom is -0.466 e. The van der Waals surface area contributed by atoms with Crippen LogP contribution >= 0.6 is 35.3 Å². The van der Waals surface area contributed by atoms with Gasteiger partial charge in [0.2, 0.25) is 6.79 Å². The summed E-state index contributed by atoms with van der Waals surface area (Å²) in [6.07, 6.45) is 0. The van der Waals surface area contributed by atoms with Gasteiger partial charge in [0.15, 0.2) is 11.5 Å². The van der Waals surface area contributed by atoms with Crippen LogP contribution in [0.4, 0.5) is 5.69 Å². The number of rotatable bonds is 5. The number of hydrogen-bond donors (Lipinski definition) is 0. The Labute approximate surface area is 294 Å². The summed E-state index contributed by atoms with van der Waals surface area (Å²) < 4.78 is 29.9. The predicted octanol–water partition coefficient (Wildman–Crippen LogP) is 5.26. The van der Waals surface area contributed by atoms with Gasteiger partial charge in [0.1, 0.15) is 18.8 Å². The molecule has 49 heavy (non-hydrogen) atoms. The highest BCUT2D eigenvalue weighted by Crippen LogP contribution is 2.71. The zero-order chi connectivity index (χ0) is 35.6. The molecule has 2 aromatic carbocycles. The van der Waals surface area contributed by atoms with E-state index < -0.39 is 33.5 Å². The number of hydrogen-bond acceptors (Lipinski definition) is 14. The fourth-order valence-corrected chi connectivity index (χ4v) is 11.1. The largest absolute Gasteiger partial charge is 0.466 e. The van der Waals surface area contributed by atoms with Crippen LogP contribution in [0.1, 0.15) is 40.9 Å². The van der Waals surface area contributed by atoms with Gasteiger partial charge in [-0.3, -0.25) is 9.69 Å². The van der Waals surface area contributed by atoms with Crippen LogP contribution in [0, 0.1) is 13.8 Å². The second-order valence-corrected chi connectivity index (χ2v) is 15.4. The Morgan fingerprint density at radius 1 is 0.735 bits per heavy atom. The highest BCUT2D eigenvalue weighted by Gasteiger charge is 2.62. The number of carbonyl (C=O) groups excluding carboxylic acids is 5. The number of methoxy groups -OCH3 is 4. The average Bonchev–Trinajstić information content (AvgIpc) is 3.72. The van der Waals surface area contributed by atoms with Crippen LogP contribution < -0.4 is 14.4 Å². The summed E-state index contributed by atoms with van der Waals surface area (Å²) in [5.74, 6) is -2.82. The number of fused-ring (bicyclic) bond motifs is 4. The minimum absolute atomic E-state index is 0.0358. The smallest absolute Gasteiger partial charge is 0.345 e. The van der Waals surface area contributed by atoms with Gasteiger partial charge in [0.25, 0.3) is 5.91 Å². The Bertz CT molecular complexity index is 1950. The molecule has 0 N–H and O–H groups in total. The van der Waals surface area contributed by atoms with Gasteiger partial charge in [-0.1, -0.05) is 35.3 Å². The van der Waals surface area contributed by atoms with Crippen molar-refractivity contribution in [2.75, 3.05) is 40.1 Å². The van der Waals surface area contributed by atoms with E-state index in [1.54, 1.807) is 23.1 Å². The molecule has 6 rings (SSSR count). The first-order valence-corrected chi connectivity index (χ1v) is 17.2. The van der Waals surface area contributed by atoms with Crippen LogP contribution in [0.2, 0.25) is 0 Å². The van der Waals surface area contributed by atoms with Crippen LogP contribution in [0.15, 0.2) is 55.5 Å². The van der Waals surface area contributed by atoms with E-state index in [-0.39, 0.29) is 33.0 Å². The maximum Gasteiger partial charge on any atom is 0.345 e. The number of aryl methyl sites for hydroxylation is 2. The Morgan fingerprint density at radius 3 is 1.88 bits per heavy atom. The predicted molar refractivity (Wildman–Crippen MR) is 184 cm³/mol. The molecule has 0 aliphatic carbocycles. The van der Waals surface area contributed by atoms with E-state index in [1.807, 2.05) is 39.8 Å². The highest BCUT2D eigenvalue weighted by atomic mass is 32.2. The molecule has 4 heterocycles. The summed E-state index contributed by atoms with van der Waals surface area (Å²) in [5, 5.41) is 0. The van der Waals surface area contributed by atoms with Crippen molar-refractivity contribution in [3.05, 3.63) is 77.8 Å². The molecule has 0 atom stereocenters. The van der Waals surface area contributed by atoms with E-state index in [9.17, 15) is 24.0 Å². The van der Waals surface area contributed by atoms with Crippen LogP contribution in [-0.2, 0) is 38.1 Å². The monoisotopic (exact) mass is 725 g/mol. The Kier molecular flexibility index (Phi) is 8.82. The fraction of sp³-hybridized carbons (Fsp3) is 0.324. The molecule has 0 bridgehead atoms. The van der Waals surface area contributed by atoms with E-state index in [4.69, 9.17) is 28.4 Å². The van der Waals surface area contributed by atoms with Gasteiger partial charge < -0.3 is 28.4 Å². The molecule has 256 valence electrons. The average molecular weight is 726 g/mol.